The normalized spacial score (nSPS) is 17.0. The number of ketones is 1. The van der Waals surface area contributed by atoms with Crippen molar-refractivity contribution < 1.29 is 14.3 Å². The van der Waals surface area contributed by atoms with Crippen LogP contribution in [-0.4, -0.2) is 18.3 Å². The Morgan fingerprint density at radius 2 is 1.83 bits per heavy atom. The van der Waals surface area contributed by atoms with E-state index in [0.717, 1.165) is 23.2 Å². The summed E-state index contributed by atoms with van der Waals surface area (Å²) >= 11 is 0. The van der Waals surface area contributed by atoms with Crippen LogP contribution in [0.25, 0.3) is 0 Å². The zero-order chi connectivity index (χ0) is 17.0. The van der Waals surface area contributed by atoms with Crippen LogP contribution < -0.4 is 10.9 Å². The predicted molar refractivity (Wildman–Crippen MR) is 89.6 cm³/mol. The molecule has 0 fully saturated rings. The fourth-order valence-electron chi connectivity index (χ4n) is 2.77. The molecule has 1 aromatic rings. The molecule has 0 heterocycles. The summed E-state index contributed by atoms with van der Waals surface area (Å²) in [6, 6.07) is 7.63. The standard InChI is InChI=1S/C18H24N2O3/c1-12-5-7-14(8-6-12)19-20-16(22)11-23-17-13(2)9-18(3,4)10-15(17)21/h5-8,19H,9-11H2,1-4H3,(H,20,22). The number of hydrazine groups is 1. The fraction of sp³-hybridized carbons (Fsp3) is 0.444. The Morgan fingerprint density at radius 3 is 2.43 bits per heavy atom. The van der Waals surface area contributed by atoms with Gasteiger partial charge in [0.25, 0.3) is 5.91 Å². The summed E-state index contributed by atoms with van der Waals surface area (Å²) in [5, 5.41) is 0. The van der Waals surface area contributed by atoms with E-state index in [0.29, 0.717) is 12.2 Å². The van der Waals surface area contributed by atoms with Crippen molar-refractivity contribution in [3.8, 4) is 0 Å². The third-order valence-corrected chi connectivity index (χ3v) is 3.77. The molecule has 0 bridgehead atoms. The molecule has 0 radical (unpaired) electrons. The smallest absolute Gasteiger partial charge is 0.276 e. The van der Waals surface area contributed by atoms with Gasteiger partial charge in [0.05, 0.1) is 5.69 Å². The second kappa shape index (κ2) is 6.86. The van der Waals surface area contributed by atoms with E-state index in [9.17, 15) is 9.59 Å². The SMILES string of the molecule is CC1=C(OCC(=O)NNc2ccc(C)cc2)C(=O)CC(C)(C)C1. The van der Waals surface area contributed by atoms with Crippen molar-refractivity contribution in [3.63, 3.8) is 0 Å². The van der Waals surface area contributed by atoms with Crippen LogP contribution in [0.2, 0.25) is 0 Å². The van der Waals surface area contributed by atoms with Gasteiger partial charge in [-0.15, -0.1) is 0 Å². The van der Waals surface area contributed by atoms with Gasteiger partial charge in [-0.3, -0.25) is 20.4 Å². The minimum atomic E-state index is -0.330. The highest BCUT2D eigenvalue weighted by atomic mass is 16.5. The van der Waals surface area contributed by atoms with E-state index in [2.05, 4.69) is 24.7 Å². The maximum absolute atomic E-state index is 12.1. The van der Waals surface area contributed by atoms with Gasteiger partial charge in [-0.05, 0) is 43.4 Å². The predicted octanol–water partition coefficient (Wildman–Crippen LogP) is 3.12. The Balaban J connectivity index is 1.84. The molecule has 1 aliphatic rings. The van der Waals surface area contributed by atoms with Crippen molar-refractivity contribution >= 4 is 17.4 Å². The lowest BCUT2D eigenvalue weighted by Crippen LogP contribution is -2.34. The number of hydrogen-bond acceptors (Lipinski definition) is 4. The van der Waals surface area contributed by atoms with Crippen LogP contribution in [0, 0.1) is 12.3 Å². The highest BCUT2D eigenvalue weighted by Crippen LogP contribution is 2.36. The van der Waals surface area contributed by atoms with Gasteiger partial charge in [0.15, 0.2) is 18.1 Å². The van der Waals surface area contributed by atoms with Crippen LogP contribution in [0.4, 0.5) is 5.69 Å². The minimum absolute atomic E-state index is 0.0296. The van der Waals surface area contributed by atoms with Crippen molar-refractivity contribution in [2.24, 2.45) is 5.41 Å². The molecule has 0 saturated carbocycles. The van der Waals surface area contributed by atoms with E-state index < -0.39 is 0 Å². The molecule has 5 heteroatoms. The van der Waals surface area contributed by atoms with E-state index in [1.807, 2.05) is 38.1 Å². The summed E-state index contributed by atoms with van der Waals surface area (Å²) < 4.78 is 5.45. The van der Waals surface area contributed by atoms with Gasteiger partial charge in [0, 0.05) is 6.42 Å². The van der Waals surface area contributed by atoms with Crippen molar-refractivity contribution in [1.29, 1.82) is 0 Å². The van der Waals surface area contributed by atoms with Crippen LogP contribution in [0.1, 0.15) is 39.2 Å². The summed E-state index contributed by atoms with van der Waals surface area (Å²) in [6.07, 6.45) is 1.25. The lowest BCUT2D eigenvalue weighted by atomic mass is 9.76. The molecule has 2 rings (SSSR count). The lowest BCUT2D eigenvalue weighted by molar-refractivity contribution is -0.127. The molecule has 1 aliphatic carbocycles. The first kappa shape index (κ1) is 17.1. The third-order valence-electron chi connectivity index (χ3n) is 3.77. The maximum Gasteiger partial charge on any atom is 0.276 e. The molecule has 1 aromatic carbocycles. The van der Waals surface area contributed by atoms with Crippen LogP contribution >= 0.6 is 0 Å². The zero-order valence-electron chi connectivity index (χ0n) is 14.2. The molecule has 0 spiro atoms. The van der Waals surface area contributed by atoms with Gasteiger partial charge in [-0.1, -0.05) is 31.5 Å². The Bertz CT molecular complexity index is 630. The van der Waals surface area contributed by atoms with Crippen LogP contribution in [0.15, 0.2) is 35.6 Å². The first-order chi connectivity index (χ1) is 10.8. The van der Waals surface area contributed by atoms with Gasteiger partial charge in [-0.25, -0.2) is 0 Å². The minimum Gasteiger partial charge on any atom is -0.480 e. The van der Waals surface area contributed by atoms with Gasteiger partial charge in [0.1, 0.15) is 0 Å². The first-order valence-electron chi connectivity index (χ1n) is 7.74. The van der Waals surface area contributed by atoms with Crippen LogP contribution in [-0.2, 0) is 14.3 Å². The van der Waals surface area contributed by atoms with Crippen molar-refractivity contribution in [1.82, 2.24) is 5.43 Å². The summed E-state index contributed by atoms with van der Waals surface area (Å²) in [4.78, 5) is 23.9. The first-order valence-corrected chi connectivity index (χ1v) is 7.74. The number of nitrogens with one attached hydrogen (secondary N) is 2. The second-order valence-electron chi connectivity index (χ2n) is 6.88. The summed E-state index contributed by atoms with van der Waals surface area (Å²) in [5.41, 5.74) is 8.17. The highest BCUT2D eigenvalue weighted by Gasteiger charge is 2.32. The molecule has 23 heavy (non-hydrogen) atoms. The average Bonchev–Trinajstić information content (AvgIpc) is 2.44. The van der Waals surface area contributed by atoms with E-state index in [4.69, 9.17) is 4.74 Å². The number of allylic oxidation sites excluding steroid dienone is 2. The number of amides is 1. The molecule has 124 valence electrons. The largest absolute Gasteiger partial charge is 0.480 e. The monoisotopic (exact) mass is 316 g/mol. The fourth-order valence-corrected chi connectivity index (χ4v) is 2.77. The van der Waals surface area contributed by atoms with E-state index >= 15 is 0 Å². The third kappa shape index (κ3) is 4.84. The molecule has 0 aliphatic heterocycles. The molecular formula is C18H24N2O3. The Labute approximate surface area is 137 Å². The lowest BCUT2D eigenvalue weighted by Gasteiger charge is -2.30. The molecule has 0 unspecified atom stereocenters. The Kier molecular flexibility index (Phi) is 5.08. The van der Waals surface area contributed by atoms with Gasteiger partial charge in [0.2, 0.25) is 0 Å². The molecule has 5 nitrogen and oxygen atoms in total. The number of carbonyl (C=O) groups is 2. The van der Waals surface area contributed by atoms with Crippen LogP contribution in [0.3, 0.4) is 0 Å². The zero-order valence-corrected chi connectivity index (χ0v) is 14.2. The van der Waals surface area contributed by atoms with E-state index in [1.54, 1.807) is 0 Å². The number of benzene rings is 1. The summed E-state index contributed by atoms with van der Waals surface area (Å²) in [6.45, 7) is 7.82. The maximum atomic E-state index is 12.1. The average molecular weight is 316 g/mol. The van der Waals surface area contributed by atoms with Gasteiger partial charge >= 0.3 is 0 Å². The number of hydrogen-bond donors (Lipinski definition) is 2. The number of aryl methyl sites for hydroxylation is 1. The molecule has 1 amide bonds. The quantitative estimate of drug-likeness (QED) is 0.819. The number of anilines is 1. The summed E-state index contributed by atoms with van der Waals surface area (Å²) in [7, 11) is 0. The van der Waals surface area contributed by atoms with E-state index in [-0.39, 0.29) is 23.7 Å². The second-order valence-corrected chi connectivity index (χ2v) is 6.88. The highest BCUT2D eigenvalue weighted by molar-refractivity contribution is 5.96. The molecule has 0 aromatic heterocycles. The molecular weight excluding hydrogens is 292 g/mol. The van der Waals surface area contributed by atoms with E-state index in [1.165, 1.54) is 0 Å². The number of ether oxygens (including phenoxy) is 1. The Hall–Kier alpha value is -2.30. The molecule has 2 N–H and O–H groups in total. The van der Waals surface area contributed by atoms with Gasteiger partial charge < -0.3 is 4.74 Å². The number of Topliss-reactive ketones (excluding diaryl/α,β-unsaturated/α-hetero) is 1. The van der Waals surface area contributed by atoms with Crippen LogP contribution in [0.5, 0.6) is 0 Å². The molecule has 0 saturated heterocycles. The summed E-state index contributed by atoms with van der Waals surface area (Å²) in [5.74, 6) is -0.0173. The Morgan fingerprint density at radius 1 is 1.17 bits per heavy atom. The molecule has 0 atom stereocenters. The van der Waals surface area contributed by atoms with Crippen molar-refractivity contribution in [2.45, 2.75) is 40.5 Å². The number of carbonyl (C=O) groups excluding carboxylic acids is 2. The van der Waals surface area contributed by atoms with Crippen molar-refractivity contribution in [2.75, 3.05) is 12.0 Å². The van der Waals surface area contributed by atoms with Gasteiger partial charge in [-0.2, -0.15) is 0 Å². The van der Waals surface area contributed by atoms with Crippen molar-refractivity contribution in [3.05, 3.63) is 41.2 Å². The topological polar surface area (TPSA) is 67.4 Å². The number of rotatable bonds is 5.